The maximum Gasteiger partial charge on any atom is 0.323 e. The lowest BCUT2D eigenvalue weighted by molar-refractivity contribution is -0.136. The van der Waals surface area contributed by atoms with Crippen LogP contribution in [0.25, 0.3) is 0 Å². The number of carboxylic acid groups (broad SMARTS) is 1. The third-order valence-corrected chi connectivity index (χ3v) is 5.56. The van der Waals surface area contributed by atoms with E-state index in [1.54, 1.807) is 11.8 Å². The largest absolute Gasteiger partial charge is 0.480 e. The second-order valence-corrected chi connectivity index (χ2v) is 6.87. The van der Waals surface area contributed by atoms with Crippen molar-refractivity contribution in [2.75, 3.05) is 24.6 Å². The molecule has 0 aromatic heterocycles. The Morgan fingerprint density at radius 3 is 2.67 bits per heavy atom. The lowest BCUT2D eigenvalue weighted by Crippen LogP contribution is -2.42. The Morgan fingerprint density at radius 2 is 2.07 bits per heavy atom. The van der Waals surface area contributed by atoms with Gasteiger partial charge in [-0.05, 0) is 19.1 Å². The SMILES string of the molecule is CC(C(=O)O)S(=O)(=O)N1CCCSCC1. The zero-order valence-electron chi connectivity index (χ0n) is 8.55. The minimum Gasteiger partial charge on any atom is -0.480 e. The van der Waals surface area contributed by atoms with Crippen LogP contribution in [0.5, 0.6) is 0 Å². The van der Waals surface area contributed by atoms with Crippen LogP contribution in [-0.4, -0.2) is 53.6 Å². The molecule has 0 amide bonds. The predicted octanol–water partition coefficient (Wildman–Crippen LogP) is 0.228. The first-order valence-corrected chi connectivity index (χ1v) is 7.41. The second-order valence-electron chi connectivity index (χ2n) is 3.39. The van der Waals surface area contributed by atoms with E-state index in [0.717, 1.165) is 17.9 Å². The number of carboxylic acids is 1. The molecule has 1 saturated heterocycles. The number of hydrogen-bond acceptors (Lipinski definition) is 4. The van der Waals surface area contributed by atoms with E-state index in [-0.39, 0.29) is 0 Å². The summed E-state index contributed by atoms with van der Waals surface area (Å²) in [5, 5.41) is 7.36. The average molecular weight is 253 g/mol. The van der Waals surface area contributed by atoms with Crippen LogP contribution in [0.3, 0.4) is 0 Å². The van der Waals surface area contributed by atoms with Gasteiger partial charge in [-0.25, -0.2) is 12.7 Å². The second kappa shape index (κ2) is 5.18. The molecule has 0 saturated carbocycles. The van der Waals surface area contributed by atoms with Gasteiger partial charge in [0.15, 0.2) is 5.25 Å². The minimum atomic E-state index is -3.66. The maximum absolute atomic E-state index is 11.8. The molecule has 1 unspecified atom stereocenters. The summed E-state index contributed by atoms with van der Waals surface area (Å²) in [5.41, 5.74) is 0. The molecule has 1 aliphatic heterocycles. The summed E-state index contributed by atoms with van der Waals surface area (Å²) in [7, 11) is -3.66. The molecule has 1 aliphatic rings. The molecule has 0 aliphatic carbocycles. The molecule has 15 heavy (non-hydrogen) atoms. The van der Waals surface area contributed by atoms with Crippen molar-refractivity contribution in [1.29, 1.82) is 0 Å². The Labute approximate surface area is 93.9 Å². The van der Waals surface area contributed by atoms with Gasteiger partial charge in [0.25, 0.3) is 0 Å². The van der Waals surface area contributed by atoms with Gasteiger partial charge in [-0.3, -0.25) is 4.79 Å². The molecule has 88 valence electrons. The van der Waals surface area contributed by atoms with Crippen LogP contribution in [0.15, 0.2) is 0 Å². The van der Waals surface area contributed by atoms with Crippen molar-refractivity contribution >= 4 is 27.8 Å². The smallest absolute Gasteiger partial charge is 0.323 e. The summed E-state index contributed by atoms with van der Waals surface area (Å²) in [4.78, 5) is 10.7. The molecular weight excluding hydrogens is 238 g/mol. The van der Waals surface area contributed by atoms with Crippen molar-refractivity contribution < 1.29 is 18.3 Å². The van der Waals surface area contributed by atoms with E-state index in [1.807, 2.05) is 0 Å². The minimum absolute atomic E-state index is 0.421. The highest BCUT2D eigenvalue weighted by atomic mass is 32.2. The maximum atomic E-state index is 11.8. The highest BCUT2D eigenvalue weighted by Crippen LogP contribution is 2.16. The van der Waals surface area contributed by atoms with Gasteiger partial charge in [-0.2, -0.15) is 11.8 Å². The number of aliphatic carboxylic acids is 1. The normalized spacial score (nSPS) is 21.9. The van der Waals surface area contributed by atoms with Crippen molar-refractivity contribution in [3.8, 4) is 0 Å². The first-order valence-electron chi connectivity index (χ1n) is 4.76. The molecule has 0 aromatic rings. The van der Waals surface area contributed by atoms with Crippen molar-refractivity contribution in [1.82, 2.24) is 4.31 Å². The van der Waals surface area contributed by atoms with Crippen LogP contribution in [-0.2, 0) is 14.8 Å². The standard InChI is InChI=1S/C8H15NO4S2/c1-7(8(10)11)15(12,13)9-3-2-5-14-6-4-9/h7H,2-6H2,1H3,(H,10,11). The Kier molecular flexibility index (Phi) is 4.42. The molecule has 0 radical (unpaired) electrons. The quantitative estimate of drug-likeness (QED) is 0.779. The fourth-order valence-electron chi connectivity index (χ4n) is 1.33. The fourth-order valence-corrected chi connectivity index (χ4v) is 3.76. The molecule has 1 rings (SSSR count). The molecule has 1 heterocycles. The summed E-state index contributed by atoms with van der Waals surface area (Å²) in [6, 6.07) is 0. The van der Waals surface area contributed by atoms with Crippen molar-refractivity contribution in [2.24, 2.45) is 0 Å². The number of carbonyl (C=O) groups is 1. The van der Waals surface area contributed by atoms with E-state index < -0.39 is 21.2 Å². The zero-order valence-corrected chi connectivity index (χ0v) is 10.2. The van der Waals surface area contributed by atoms with E-state index in [4.69, 9.17) is 5.11 Å². The first-order chi connectivity index (χ1) is 6.96. The molecule has 0 bridgehead atoms. The monoisotopic (exact) mass is 253 g/mol. The summed E-state index contributed by atoms with van der Waals surface area (Å²) in [6.45, 7) is 2.08. The Balaban J connectivity index is 2.79. The molecule has 5 nitrogen and oxygen atoms in total. The van der Waals surface area contributed by atoms with Crippen LogP contribution >= 0.6 is 11.8 Å². The molecule has 1 N–H and O–H groups in total. The molecule has 1 fully saturated rings. The number of thioether (sulfide) groups is 1. The summed E-state index contributed by atoms with van der Waals surface area (Å²) in [6.07, 6.45) is 0.788. The molecule has 7 heteroatoms. The number of rotatable bonds is 3. The van der Waals surface area contributed by atoms with Crippen LogP contribution in [0.4, 0.5) is 0 Å². The highest BCUT2D eigenvalue weighted by Gasteiger charge is 2.33. The first kappa shape index (κ1) is 12.8. The Hall–Kier alpha value is -0.270. The lowest BCUT2D eigenvalue weighted by atomic mass is 10.5. The third kappa shape index (κ3) is 3.09. The van der Waals surface area contributed by atoms with E-state index >= 15 is 0 Å². The Morgan fingerprint density at radius 1 is 1.40 bits per heavy atom. The van der Waals surface area contributed by atoms with Crippen LogP contribution < -0.4 is 0 Å². The number of nitrogens with zero attached hydrogens (tertiary/aromatic N) is 1. The highest BCUT2D eigenvalue weighted by molar-refractivity contribution is 7.99. The van der Waals surface area contributed by atoms with E-state index in [2.05, 4.69) is 0 Å². The predicted molar refractivity (Wildman–Crippen MR) is 59.5 cm³/mol. The van der Waals surface area contributed by atoms with E-state index in [0.29, 0.717) is 13.1 Å². The zero-order chi connectivity index (χ0) is 11.5. The molecule has 0 aromatic carbocycles. The van der Waals surface area contributed by atoms with Gasteiger partial charge < -0.3 is 5.11 Å². The third-order valence-electron chi connectivity index (χ3n) is 2.34. The summed E-state index contributed by atoms with van der Waals surface area (Å²) in [5.74, 6) is 0.394. The number of hydrogen-bond donors (Lipinski definition) is 1. The number of sulfonamides is 1. The lowest BCUT2D eigenvalue weighted by Gasteiger charge is -2.21. The van der Waals surface area contributed by atoms with Crippen molar-refractivity contribution in [3.05, 3.63) is 0 Å². The van der Waals surface area contributed by atoms with Gasteiger partial charge in [0.05, 0.1) is 0 Å². The van der Waals surface area contributed by atoms with Crippen LogP contribution in [0, 0.1) is 0 Å². The average Bonchev–Trinajstić information content (AvgIpc) is 2.44. The summed E-state index contributed by atoms with van der Waals surface area (Å²) < 4.78 is 24.9. The summed E-state index contributed by atoms with van der Waals surface area (Å²) >= 11 is 1.70. The van der Waals surface area contributed by atoms with Gasteiger partial charge in [0.2, 0.25) is 10.0 Å². The van der Waals surface area contributed by atoms with Crippen molar-refractivity contribution in [2.45, 2.75) is 18.6 Å². The molecular formula is C8H15NO4S2. The Bertz CT molecular complexity index is 320. The van der Waals surface area contributed by atoms with Gasteiger partial charge in [-0.1, -0.05) is 0 Å². The van der Waals surface area contributed by atoms with Gasteiger partial charge in [0.1, 0.15) is 0 Å². The van der Waals surface area contributed by atoms with Gasteiger partial charge in [0, 0.05) is 18.8 Å². The van der Waals surface area contributed by atoms with Crippen molar-refractivity contribution in [3.63, 3.8) is 0 Å². The fraction of sp³-hybridized carbons (Fsp3) is 0.875. The van der Waals surface area contributed by atoms with E-state index in [9.17, 15) is 13.2 Å². The van der Waals surface area contributed by atoms with Gasteiger partial charge >= 0.3 is 5.97 Å². The van der Waals surface area contributed by atoms with Crippen LogP contribution in [0.1, 0.15) is 13.3 Å². The van der Waals surface area contributed by atoms with Crippen LogP contribution in [0.2, 0.25) is 0 Å². The van der Waals surface area contributed by atoms with Gasteiger partial charge in [-0.15, -0.1) is 0 Å². The topological polar surface area (TPSA) is 74.7 Å². The molecule has 0 spiro atoms. The molecule has 1 atom stereocenters. The van der Waals surface area contributed by atoms with E-state index in [1.165, 1.54) is 11.2 Å².